The van der Waals surface area contributed by atoms with Crippen molar-refractivity contribution in [1.82, 2.24) is 0 Å². The predicted molar refractivity (Wildman–Crippen MR) is 46.2 cm³/mol. The maximum absolute atomic E-state index is 12.2. The van der Waals surface area contributed by atoms with E-state index < -0.39 is 22.4 Å². The van der Waals surface area contributed by atoms with E-state index in [1.54, 1.807) is 6.92 Å². The van der Waals surface area contributed by atoms with E-state index >= 15 is 0 Å². The third-order valence-corrected chi connectivity index (χ3v) is 1.76. The molecular weight excluding hydrogens is 285 g/mol. The molecule has 0 bridgehead atoms. The van der Waals surface area contributed by atoms with E-state index in [1.165, 1.54) is 0 Å². The Bertz CT molecular complexity index is 157. The molecule has 3 nitrogen and oxygen atoms in total. The zero-order valence-electron chi connectivity index (χ0n) is 6.39. The molecule has 0 aromatic carbocycles. The number of halogens is 3. The van der Waals surface area contributed by atoms with E-state index in [9.17, 15) is 13.6 Å². The van der Waals surface area contributed by atoms with Crippen LogP contribution in [0.25, 0.3) is 0 Å². The number of ether oxygens (including phenoxy) is 1. The van der Waals surface area contributed by atoms with Crippen LogP contribution in [0.2, 0.25) is 0 Å². The summed E-state index contributed by atoms with van der Waals surface area (Å²) < 4.78 is 25.6. The summed E-state index contributed by atoms with van der Waals surface area (Å²) in [5.41, 5.74) is 0. The van der Waals surface area contributed by atoms with Gasteiger partial charge in [0.15, 0.2) is 0 Å². The van der Waals surface area contributed by atoms with Crippen LogP contribution in [0, 0.1) is 0 Å². The molecule has 0 saturated heterocycles. The lowest BCUT2D eigenvalue weighted by Gasteiger charge is -2.14. The number of carbonyl (C=O) groups is 1. The lowest BCUT2D eigenvalue weighted by molar-refractivity contribution is -0.148. The summed E-state index contributed by atoms with van der Waals surface area (Å²) in [5.74, 6) is -0.818. The number of aliphatic hydroxyl groups is 1. The van der Waals surface area contributed by atoms with Crippen molar-refractivity contribution in [2.45, 2.75) is 23.4 Å². The van der Waals surface area contributed by atoms with Crippen LogP contribution in [0.4, 0.5) is 8.78 Å². The molecule has 0 amide bonds. The van der Waals surface area contributed by atoms with Crippen molar-refractivity contribution in [2.75, 3.05) is 6.61 Å². The largest absolute Gasteiger partial charge is 0.466 e. The van der Waals surface area contributed by atoms with Crippen molar-refractivity contribution in [3.8, 4) is 0 Å². The Morgan fingerprint density at radius 2 is 2.25 bits per heavy atom. The highest BCUT2D eigenvalue weighted by atomic mass is 127. The van der Waals surface area contributed by atoms with E-state index in [0.717, 1.165) is 22.6 Å². The molecule has 0 aliphatic carbocycles. The molecule has 1 unspecified atom stereocenters. The van der Waals surface area contributed by atoms with Crippen molar-refractivity contribution in [3.63, 3.8) is 0 Å². The van der Waals surface area contributed by atoms with Crippen molar-refractivity contribution >= 4 is 28.6 Å². The SMILES string of the molecule is CCOC(=O)CC(O)C(F)(F)I. The van der Waals surface area contributed by atoms with Gasteiger partial charge in [0.2, 0.25) is 0 Å². The fourth-order valence-corrected chi connectivity index (χ4v) is 0.714. The van der Waals surface area contributed by atoms with Gasteiger partial charge in [0.1, 0.15) is 6.10 Å². The van der Waals surface area contributed by atoms with Crippen LogP contribution in [0.1, 0.15) is 13.3 Å². The van der Waals surface area contributed by atoms with Gasteiger partial charge < -0.3 is 9.84 Å². The van der Waals surface area contributed by atoms with E-state index in [-0.39, 0.29) is 6.61 Å². The molecule has 72 valence electrons. The Balaban J connectivity index is 3.84. The van der Waals surface area contributed by atoms with Crippen molar-refractivity contribution < 1.29 is 23.4 Å². The molecule has 0 radical (unpaired) electrons. The van der Waals surface area contributed by atoms with Crippen LogP contribution in [-0.2, 0) is 9.53 Å². The summed E-state index contributed by atoms with van der Waals surface area (Å²) in [4.78, 5) is 10.6. The van der Waals surface area contributed by atoms with Gasteiger partial charge in [0.25, 0.3) is 0 Å². The van der Waals surface area contributed by atoms with Crippen LogP contribution >= 0.6 is 22.6 Å². The van der Waals surface area contributed by atoms with Crippen molar-refractivity contribution in [3.05, 3.63) is 0 Å². The number of esters is 1. The molecule has 6 heteroatoms. The fourth-order valence-electron chi connectivity index (χ4n) is 0.494. The minimum Gasteiger partial charge on any atom is -0.466 e. The summed E-state index contributed by atoms with van der Waals surface area (Å²) in [7, 11) is 0. The highest BCUT2D eigenvalue weighted by Gasteiger charge is 2.36. The Labute approximate surface area is 82.2 Å². The minimum absolute atomic E-state index is 0.123. The van der Waals surface area contributed by atoms with E-state index in [2.05, 4.69) is 4.74 Å². The lowest BCUT2D eigenvalue weighted by Crippen LogP contribution is -2.29. The maximum atomic E-state index is 12.2. The first-order valence-electron chi connectivity index (χ1n) is 3.28. The summed E-state index contributed by atoms with van der Waals surface area (Å²) in [6, 6.07) is 0. The van der Waals surface area contributed by atoms with Gasteiger partial charge in [-0.1, -0.05) is 0 Å². The first kappa shape index (κ1) is 12.0. The predicted octanol–water partition coefficient (Wildman–Crippen LogP) is 1.33. The molecule has 0 aliphatic heterocycles. The summed E-state index contributed by atoms with van der Waals surface area (Å²) >= 11 is 0.773. The minimum atomic E-state index is -3.29. The molecule has 0 heterocycles. The molecule has 12 heavy (non-hydrogen) atoms. The normalized spacial score (nSPS) is 14.1. The van der Waals surface area contributed by atoms with Gasteiger partial charge in [-0.2, -0.15) is 8.78 Å². The highest BCUT2D eigenvalue weighted by Crippen LogP contribution is 2.28. The molecule has 0 fully saturated rings. The molecule has 0 aliphatic rings. The average Bonchev–Trinajstić information content (AvgIpc) is 1.85. The zero-order chi connectivity index (χ0) is 9.78. The summed E-state index contributed by atoms with van der Waals surface area (Å²) in [5, 5.41) is 8.72. The van der Waals surface area contributed by atoms with Gasteiger partial charge in [-0.05, 0) is 6.92 Å². The molecular formula is C6H9F2IO3. The van der Waals surface area contributed by atoms with Crippen LogP contribution < -0.4 is 0 Å². The van der Waals surface area contributed by atoms with E-state index in [1.807, 2.05) is 0 Å². The number of carbonyl (C=O) groups excluding carboxylic acids is 1. The number of hydrogen-bond donors (Lipinski definition) is 1. The van der Waals surface area contributed by atoms with Gasteiger partial charge in [-0.15, -0.1) is 0 Å². The zero-order valence-corrected chi connectivity index (χ0v) is 8.55. The highest BCUT2D eigenvalue weighted by molar-refractivity contribution is 14.1. The van der Waals surface area contributed by atoms with E-state index in [4.69, 9.17) is 5.11 Å². The quantitative estimate of drug-likeness (QED) is 0.483. The topological polar surface area (TPSA) is 46.5 Å². The first-order chi connectivity index (χ1) is 5.38. The van der Waals surface area contributed by atoms with Gasteiger partial charge in [-0.3, -0.25) is 4.79 Å². The smallest absolute Gasteiger partial charge is 0.322 e. The summed E-state index contributed by atoms with van der Waals surface area (Å²) in [6.07, 6.45) is -2.65. The molecule has 1 N–H and O–H groups in total. The fraction of sp³-hybridized carbons (Fsp3) is 0.833. The second kappa shape index (κ2) is 4.90. The monoisotopic (exact) mass is 294 g/mol. The third kappa shape index (κ3) is 4.81. The number of alkyl halides is 3. The van der Waals surface area contributed by atoms with Gasteiger partial charge in [0, 0.05) is 22.6 Å². The van der Waals surface area contributed by atoms with Gasteiger partial charge >= 0.3 is 9.90 Å². The molecule has 0 rings (SSSR count). The second-order valence-electron chi connectivity index (χ2n) is 2.07. The first-order valence-corrected chi connectivity index (χ1v) is 4.36. The van der Waals surface area contributed by atoms with Gasteiger partial charge in [-0.25, -0.2) is 0 Å². The van der Waals surface area contributed by atoms with Crippen LogP contribution in [0.5, 0.6) is 0 Å². The summed E-state index contributed by atoms with van der Waals surface area (Å²) in [6.45, 7) is 1.69. The van der Waals surface area contributed by atoms with Crippen molar-refractivity contribution in [2.24, 2.45) is 0 Å². The number of aliphatic hydroxyl groups excluding tert-OH is 1. The molecule has 0 spiro atoms. The number of hydrogen-bond acceptors (Lipinski definition) is 3. The van der Waals surface area contributed by atoms with E-state index in [0.29, 0.717) is 0 Å². The Morgan fingerprint density at radius 3 is 2.58 bits per heavy atom. The maximum Gasteiger partial charge on any atom is 0.322 e. The lowest BCUT2D eigenvalue weighted by atomic mass is 10.3. The molecule has 1 atom stereocenters. The Hall–Kier alpha value is 0.0200. The third-order valence-electron chi connectivity index (χ3n) is 1.04. The molecule has 0 saturated carbocycles. The Morgan fingerprint density at radius 1 is 1.75 bits per heavy atom. The van der Waals surface area contributed by atoms with Crippen LogP contribution in [0.3, 0.4) is 0 Å². The molecule has 0 aromatic heterocycles. The number of rotatable bonds is 4. The Kier molecular flexibility index (Phi) is 4.91. The van der Waals surface area contributed by atoms with Crippen LogP contribution in [-0.4, -0.2) is 27.7 Å². The van der Waals surface area contributed by atoms with Crippen LogP contribution in [0.15, 0.2) is 0 Å². The average molecular weight is 294 g/mol. The standard InChI is InChI=1S/C6H9F2IO3/c1-2-12-5(11)3-4(10)6(7,8)9/h4,10H,2-3H2,1H3. The second-order valence-corrected chi connectivity index (χ2v) is 3.50. The van der Waals surface area contributed by atoms with Crippen molar-refractivity contribution in [1.29, 1.82) is 0 Å². The van der Waals surface area contributed by atoms with Gasteiger partial charge in [0.05, 0.1) is 13.0 Å². The molecule has 0 aromatic rings.